The summed E-state index contributed by atoms with van der Waals surface area (Å²) >= 11 is 0. The second-order valence-electron chi connectivity index (χ2n) is 9.16. The Labute approximate surface area is 219 Å². The van der Waals surface area contributed by atoms with Gasteiger partial charge in [0.25, 0.3) is 0 Å². The molecule has 0 aromatic heterocycles. The molecule has 0 fully saturated rings. The summed E-state index contributed by atoms with van der Waals surface area (Å²) in [6.45, 7) is -2.38. The summed E-state index contributed by atoms with van der Waals surface area (Å²) in [5.74, 6) is 0. The average molecular weight is 525 g/mol. The molecule has 0 aliphatic rings. The first-order valence-corrected chi connectivity index (χ1v) is 15.9. The molecule has 5 aromatic rings. The van der Waals surface area contributed by atoms with E-state index >= 15 is 0 Å². The molecule has 0 saturated heterocycles. The molecule has 0 bridgehead atoms. The minimum atomic E-state index is -4.21. The molecule has 186 valence electrons. The molecule has 5 aromatic carbocycles. The Kier molecular flexibility index (Phi) is 6.83. The monoisotopic (exact) mass is 524 g/mol. The summed E-state index contributed by atoms with van der Waals surface area (Å²) in [5, 5.41) is 2.56. The summed E-state index contributed by atoms with van der Waals surface area (Å²) in [4.78, 5) is 0.180. The van der Waals surface area contributed by atoms with Crippen LogP contribution in [0, 0.1) is 6.92 Å². The van der Waals surface area contributed by atoms with Crippen LogP contribution in [0.25, 0.3) is 0 Å². The third-order valence-corrected chi connectivity index (χ3v) is 15.1. The van der Waals surface area contributed by atoms with Crippen LogP contribution in [0.15, 0.2) is 150 Å². The van der Waals surface area contributed by atoms with E-state index in [-0.39, 0.29) is 4.90 Å². The predicted octanol–water partition coefficient (Wildman–Crippen LogP) is 6.35. The second kappa shape index (κ2) is 10.1. The third-order valence-electron chi connectivity index (χ3n) is 6.86. The normalized spacial score (nSPS) is 12.9. The van der Waals surface area contributed by atoms with Gasteiger partial charge in [-0.3, -0.25) is 0 Å². The van der Waals surface area contributed by atoms with Crippen molar-refractivity contribution in [1.82, 2.24) is 0 Å². The molecule has 0 spiro atoms. The van der Waals surface area contributed by atoms with E-state index in [4.69, 9.17) is 3.97 Å². The van der Waals surface area contributed by atoms with E-state index in [9.17, 15) is 8.42 Å². The molecule has 0 heterocycles. The van der Waals surface area contributed by atoms with Crippen molar-refractivity contribution >= 4 is 32.9 Å². The summed E-state index contributed by atoms with van der Waals surface area (Å²) < 4.78 is 35.7. The summed E-state index contributed by atoms with van der Waals surface area (Å²) in [6, 6.07) is 46.6. The fraction of sp³-hybridized carbons (Fsp3) is 0.0625. The molecule has 0 radical (unpaired) electrons. The van der Waals surface area contributed by atoms with E-state index < -0.39 is 16.9 Å². The average Bonchev–Trinajstić information content (AvgIpc) is 2.95. The van der Waals surface area contributed by atoms with Crippen molar-refractivity contribution < 1.29 is 12.4 Å². The van der Waals surface area contributed by atoms with E-state index in [2.05, 4.69) is 0 Å². The van der Waals surface area contributed by atoms with Crippen molar-refractivity contribution in [3.05, 3.63) is 157 Å². The van der Waals surface area contributed by atoms with Crippen LogP contribution in [0.1, 0.15) is 11.1 Å². The fourth-order valence-corrected chi connectivity index (χ4v) is 13.9. The van der Waals surface area contributed by atoms with Gasteiger partial charge in [0.1, 0.15) is 0 Å². The molecule has 0 saturated carbocycles. The Morgan fingerprint density at radius 1 is 0.541 bits per heavy atom. The van der Waals surface area contributed by atoms with E-state index in [0.717, 1.165) is 21.5 Å². The molecule has 5 rings (SSSR count). The molecule has 0 N–H and O–H groups in total. The topological polar surface area (TPSA) is 43.4 Å². The van der Waals surface area contributed by atoms with Crippen molar-refractivity contribution in [2.45, 2.75) is 18.0 Å². The maximum atomic E-state index is 14.4. The standard InChI is InChI=1S/C32H29O3PS/c1-27-16-14-15-25-32(27)37(33,34)35-36(29-19-8-3-9-20-29,30-21-10-4-11-22-30,31-23-12-5-13-24-31)26-28-17-6-2-7-18-28/h2-25H,26H2,1H3. The van der Waals surface area contributed by atoms with Crippen LogP contribution in [0.4, 0.5) is 0 Å². The summed E-state index contributed by atoms with van der Waals surface area (Å²) in [5.41, 5.74) is 1.64. The van der Waals surface area contributed by atoms with Gasteiger partial charge in [0, 0.05) is 0 Å². The molecule has 5 heteroatoms. The molecule has 0 aliphatic carbocycles. The molecular formula is C32H29O3PS. The Balaban J connectivity index is 1.96. The number of benzene rings is 5. The van der Waals surface area contributed by atoms with Gasteiger partial charge in [-0.1, -0.05) is 0 Å². The first kappa shape index (κ1) is 25.1. The Bertz CT molecular complexity index is 1490. The Morgan fingerprint density at radius 2 is 0.919 bits per heavy atom. The van der Waals surface area contributed by atoms with E-state index in [0.29, 0.717) is 11.7 Å². The Hall–Kier alpha value is -3.56. The number of hydrogen-bond donors (Lipinski definition) is 0. The zero-order chi connectivity index (χ0) is 25.8. The first-order valence-electron chi connectivity index (χ1n) is 12.2. The van der Waals surface area contributed by atoms with Gasteiger partial charge in [-0.2, -0.15) is 0 Å². The number of aryl methyl sites for hydroxylation is 1. The fourth-order valence-electron chi connectivity index (χ4n) is 5.13. The second-order valence-corrected chi connectivity index (χ2v) is 15.4. The van der Waals surface area contributed by atoms with Crippen molar-refractivity contribution in [2.24, 2.45) is 0 Å². The van der Waals surface area contributed by atoms with Crippen molar-refractivity contribution in [3.63, 3.8) is 0 Å². The van der Waals surface area contributed by atoms with E-state index in [1.54, 1.807) is 25.1 Å². The van der Waals surface area contributed by atoms with Crippen LogP contribution in [0.2, 0.25) is 0 Å². The van der Waals surface area contributed by atoms with Crippen LogP contribution in [-0.2, 0) is 20.3 Å². The molecule has 37 heavy (non-hydrogen) atoms. The maximum absolute atomic E-state index is 14.4. The third kappa shape index (κ3) is 4.42. The predicted molar refractivity (Wildman–Crippen MR) is 155 cm³/mol. The molecule has 0 amide bonds. The van der Waals surface area contributed by atoms with Crippen LogP contribution >= 0.6 is 6.83 Å². The van der Waals surface area contributed by atoms with Crippen LogP contribution in [-0.4, -0.2) is 8.42 Å². The van der Waals surface area contributed by atoms with Crippen molar-refractivity contribution in [3.8, 4) is 0 Å². The molecular weight excluding hydrogens is 495 g/mol. The quantitative estimate of drug-likeness (QED) is 0.222. The van der Waals surface area contributed by atoms with Crippen LogP contribution in [0.5, 0.6) is 0 Å². The van der Waals surface area contributed by atoms with E-state index in [1.807, 2.05) is 127 Å². The SMILES string of the molecule is Cc1ccccc1S(=O)(=O)OP(Cc1ccccc1)(c1ccccc1)(c1ccccc1)c1ccccc1. The van der Waals surface area contributed by atoms with Crippen molar-refractivity contribution in [2.75, 3.05) is 0 Å². The van der Waals surface area contributed by atoms with Gasteiger partial charge in [0.05, 0.1) is 0 Å². The van der Waals surface area contributed by atoms with Crippen LogP contribution in [0.3, 0.4) is 0 Å². The molecule has 0 atom stereocenters. The molecule has 3 nitrogen and oxygen atoms in total. The van der Waals surface area contributed by atoms with Gasteiger partial charge < -0.3 is 0 Å². The molecule has 0 aliphatic heterocycles. The van der Waals surface area contributed by atoms with Crippen LogP contribution < -0.4 is 15.9 Å². The van der Waals surface area contributed by atoms with Gasteiger partial charge >= 0.3 is 220 Å². The van der Waals surface area contributed by atoms with Gasteiger partial charge in [0.2, 0.25) is 0 Å². The Morgan fingerprint density at radius 3 is 1.35 bits per heavy atom. The number of rotatable bonds is 8. The van der Waals surface area contributed by atoms with Gasteiger partial charge in [0.15, 0.2) is 0 Å². The zero-order valence-corrected chi connectivity index (χ0v) is 22.4. The summed E-state index contributed by atoms with van der Waals surface area (Å²) in [6.07, 6.45) is 0.385. The van der Waals surface area contributed by atoms with Gasteiger partial charge in [-0.15, -0.1) is 0 Å². The number of hydrogen-bond acceptors (Lipinski definition) is 3. The van der Waals surface area contributed by atoms with Gasteiger partial charge in [-0.25, -0.2) is 0 Å². The van der Waals surface area contributed by atoms with E-state index in [1.165, 1.54) is 0 Å². The van der Waals surface area contributed by atoms with Gasteiger partial charge in [-0.05, 0) is 0 Å². The summed E-state index contributed by atoms with van der Waals surface area (Å²) in [7, 11) is -4.21. The molecule has 0 unspecified atom stereocenters. The zero-order valence-electron chi connectivity index (χ0n) is 20.6. The van der Waals surface area contributed by atoms with Crippen molar-refractivity contribution in [1.29, 1.82) is 0 Å². The minimum absolute atomic E-state index is 0.180. The first-order chi connectivity index (χ1) is 18.0.